The Morgan fingerprint density at radius 1 is 1.16 bits per heavy atom. The first-order valence-electron chi connectivity index (χ1n) is 5.61. The highest BCUT2D eigenvalue weighted by atomic mass is 16.5. The van der Waals surface area contributed by atoms with Gasteiger partial charge in [0.2, 0.25) is 0 Å². The van der Waals surface area contributed by atoms with E-state index in [1.807, 2.05) is 0 Å². The molecule has 0 aromatic carbocycles. The molecular formula is C13H10N2O4. The highest BCUT2D eigenvalue weighted by molar-refractivity contribution is 6.27. The van der Waals surface area contributed by atoms with Crippen LogP contribution in [0.25, 0.3) is 5.52 Å². The van der Waals surface area contributed by atoms with E-state index in [1.165, 1.54) is 18.6 Å². The van der Waals surface area contributed by atoms with Gasteiger partial charge in [-0.2, -0.15) is 0 Å². The first-order chi connectivity index (χ1) is 9.07. The highest BCUT2D eigenvalue weighted by Gasteiger charge is 2.41. The van der Waals surface area contributed by atoms with Crippen LogP contribution in [-0.2, 0) is 4.74 Å². The Labute approximate surface area is 108 Å². The predicted octanol–water partition coefficient (Wildman–Crippen LogP) is 0.952. The number of imide groups is 1. The lowest BCUT2D eigenvalue weighted by Gasteiger charge is -2.08. The summed E-state index contributed by atoms with van der Waals surface area (Å²) in [6.07, 6.45) is 1.63. The molecule has 0 bridgehead atoms. The number of hydrogen-bond acceptors (Lipinski definition) is 4. The Hall–Kier alpha value is -2.63. The van der Waals surface area contributed by atoms with Crippen LogP contribution in [0.3, 0.4) is 0 Å². The summed E-state index contributed by atoms with van der Waals surface area (Å²) in [5.41, 5.74) is 0.996. The van der Waals surface area contributed by atoms with E-state index in [2.05, 4.69) is 0 Å². The molecule has 1 aliphatic heterocycles. The predicted molar refractivity (Wildman–Crippen MR) is 65.2 cm³/mol. The summed E-state index contributed by atoms with van der Waals surface area (Å²) < 4.78 is 6.22. The van der Waals surface area contributed by atoms with Gasteiger partial charge in [-0.15, -0.1) is 0 Å². The quantitative estimate of drug-likeness (QED) is 0.564. The van der Waals surface area contributed by atoms with E-state index in [-0.39, 0.29) is 16.8 Å². The molecule has 0 unspecified atom stereocenters. The van der Waals surface area contributed by atoms with Gasteiger partial charge < -0.3 is 9.14 Å². The fourth-order valence-electron chi connectivity index (χ4n) is 2.36. The van der Waals surface area contributed by atoms with Crippen molar-refractivity contribution >= 4 is 23.3 Å². The van der Waals surface area contributed by atoms with Gasteiger partial charge in [0.25, 0.3) is 11.8 Å². The summed E-state index contributed by atoms with van der Waals surface area (Å²) in [7, 11) is 2.63. The molecular weight excluding hydrogens is 248 g/mol. The zero-order chi connectivity index (χ0) is 13.7. The number of carbonyl (C=O) groups is 3. The van der Waals surface area contributed by atoms with Crippen LogP contribution in [0.2, 0.25) is 0 Å². The van der Waals surface area contributed by atoms with E-state index < -0.39 is 17.8 Å². The molecule has 3 rings (SSSR count). The van der Waals surface area contributed by atoms with Gasteiger partial charge in [0, 0.05) is 13.2 Å². The molecule has 0 N–H and O–H groups in total. The van der Waals surface area contributed by atoms with E-state index >= 15 is 0 Å². The van der Waals surface area contributed by atoms with Crippen molar-refractivity contribution in [2.75, 3.05) is 14.2 Å². The lowest BCUT2D eigenvalue weighted by atomic mass is 10.1. The Bertz CT molecular complexity index is 729. The van der Waals surface area contributed by atoms with Crippen LogP contribution in [0.5, 0.6) is 0 Å². The molecule has 0 aliphatic carbocycles. The average Bonchev–Trinajstić information content (AvgIpc) is 2.88. The lowest BCUT2D eigenvalue weighted by Crippen LogP contribution is -2.26. The van der Waals surface area contributed by atoms with Gasteiger partial charge in [-0.3, -0.25) is 14.5 Å². The molecule has 96 valence electrons. The smallest absolute Gasteiger partial charge is 0.355 e. The molecule has 6 heteroatoms. The Balaban J connectivity index is 2.47. The largest absolute Gasteiger partial charge is 0.464 e. The van der Waals surface area contributed by atoms with Gasteiger partial charge in [0.1, 0.15) is 5.69 Å². The van der Waals surface area contributed by atoms with E-state index in [0.29, 0.717) is 5.52 Å². The minimum absolute atomic E-state index is 0.0933. The average molecular weight is 258 g/mol. The number of methoxy groups -OCH3 is 1. The zero-order valence-corrected chi connectivity index (χ0v) is 10.3. The molecule has 0 spiro atoms. The summed E-state index contributed by atoms with van der Waals surface area (Å²) >= 11 is 0. The summed E-state index contributed by atoms with van der Waals surface area (Å²) in [5.74, 6) is -1.53. The lowest BCUT2D eigenvalue weighted by molar-refractivity contribution is 0.0581. The number of ether oxygens (including phenoxy) is 1. The first-order valence-corrected chi connectivity index (χ1v) is 5.61. The second kappa shape index (κ2) is 3.68. The molecule has 0 atom stereocenters. The Morgan fingerprint density at radius 3 is 2.53 bits per heavy atom. The fourth-order valence-corrected chi connectivity index (χ4v) is 2.36. The number of pyridine rings is 1. The Morgan fingerprint density at radius 2 is 1.84 bits per heavy atom. The summed E-state index contributed by atoms with van der Waals surface area (Å²) in [5, 5.41) is 0. The van der Waals surface area contributed by atoms with Gasteiger partial charge in [0.15, 0.2) is 0 Å². The van der Waals surface area contributed by atoms with Gasteiger partial charge in [-0.1, -0.05) is 6.07 Å². The maximum Gasteiger partial charge on any atom is 0.355 e. The number of rotatable bonds is 1. The summed E-state index contributed by atoms with van der Waals surface area (Å²) in [4.78, 5) is 37.1. The van der Waals surface area contributed by atoms with Gasteiger partial charge in [-0.25, -0.2) is 4.79 Å². The molecule has 2 aromatic heterocycles. The third-order valence-electron chi connectivity index (χ3n) is 3.26. The summed E-state index contributed by atoms with van der Waals surface area (Å²) in [6, 6.07) is 5.15. The molecule has 0 saturated heterocycles. The van der Waals surface area contributed by atoms with Gasteiger partial charge in [0.05, 0.1) is 23.8 Å². The number of carbonyl (C=O) groups excluding carboxylic acids is 3. The third-order valence-corrected chi connectivity index (χ3v) is 3.26. The van der Waals surface area contributed by atoms with Crippen molar-refractivity contribution in [2.24, 2.45) is 0 Å². The van der Waals surface area contributed by atoms with Crippen molar-refractivity contribution in [2.45, 2.75) is 0 Å². The maximum atomic E-state index is 12.1. The second-order valence-corrected chi connectivity index (χ2v) is 4.22. The van der Waals surface area contributed by atoms with E-state index in [4.69, 9.17) is 4.74 Å². The molecule has 0 radical (unpaired) electrons. The molecule has 3 heterocycles. The second-order valence-electron chi connectivity index (χ2n) is 4.22. The van der Waals surface area contributed by atoms with Crippen molar-refractivity contribution in [3.05, 3.63) is 41.2 Å². The van der Waals surface area contributed by atoms with Crippen LogP contribution in [0.15, 0.2) is 24.4 Å². The fraction of sp³-hybridized carbons (Fsp3) is 0.154. The molecule has 19 heavy (non-hydrogen) atoms. The molecule has 1 aliphatic rings. The number of aromatic nitrogens is 1. The molecule has 2 aromatic rings. The summed E-state index contributed by atoms with van der Waals surface area (Å²) in [6.45, 7) is 0. The monoisotopic (exact) mass is 258 g/mol. The van der Waals surface area contributed by atoms with Crippen molar-refractivity contribution in [3.8, 4) is 0 Å². The zero-order valence-electron chi connectivity index (χ0n) is 10.3. The number of amides is 2. The highest BCUT2D eigenvalue weighted by Crippen LogP contribution is 2.31. The van der Waals surface area contributed by atoms with E-state index in [1.54, 1.807) is 24.4 Å². The van der Waals surface area contributed by atoms with E-state index in [0.717, 1.165) is 4.90 Å². The van der Waals surface area contributed by atoms with Crippen molar-refractivity contribution < 1.29 is 19.1 Å². The molecule has 6 nitrogen and oxygen atoms in total. The van der Waals surface area contributed by atoms with Crippen LogP contribution in [-0.4, -0.2) is 41.2 Å². The van der Waals surface area contributed by atoms with Crippen LogP contribution < -0.4 is 0 Å². The van der Waals surface area contributed by atoms with Gasteiger partial charge in [-0.05, 0) is 12.1 Å². The first kappa shape index (κ1) is 11.5. The minimum Gasteiger partial charge on any atom is -0.464 e. The van der Waals surface area contributed by atoms with Crippen LogP contribution in [0.1, 0.15) is 31.2 Å². The Kier molecular flexibility index (Phi) is 2.22. The third kappa shape index (κ3) is 1.28. The van der Waals surface area contributed by atoms with Crippen LogP contribution >= 0.6 is 0 Å². The number of nitrogens with zero attached hydrogens (tertiary/aromatic N) is 2. The number of fused-ring (bicyclic) bond motifs is 3. The van der Waals surface area contributed by atoms with Crippen molar-refractivity contribution in [1.82, 2.24) is 9.30 Å². The molecule has 0 saturated carbocycles. The minimum atomic E-state index is -0.640. The number of hydrogen-bond donors (Lipinski definition) is 0. The number of esters is 1. The van der Waals surface area contributed by atoms with E-state index in [9.17, 15) is 14.4 Å². The normalized spacial score (nSPS) is 14.1. The van der Waals surface area contributed by atoms with Crippen molar-refractivity contribution in [3.63, 3.8) is 0 Å². The molecule has 2 amide bonds. The standard InChI is InChI=1S/C13H10N2O4/c1-14-11(16)8-7-5-3-4-6-15(7)10(13(18)19-2)9(8)12(14)17/h3-6H,1-2H3. The molecule has 0 fully saturated rings. The topological polar surface area (TPSA) is 68.1 Å². The van der Waals surface area contributed by atoms with Crippen LogP contribution in [0, 0.1) is 0 Å². The van der Waals surface area contributed by atoms with Gasteiger partial charge >= 0.3 is 5.97 Å². The SMILES string of the molecule is COC(=O)c1c2c(c3ccccn13)C(=O)N(C)C2=O. The van der Waals surface area contributed by atoms with Crippen LogP contribution in [0.4, 0.5) is 0 Å². The van der Waals surface area contributed by atoms with Crippen molar-refractivity contribution in [1.29, 1.82) is 0 Å². The maximum absolute atomic E-state index is 12.1.